The van der Waals surface area contributed by atoms with E-state index in [1.807, 2.05) is 48.7 Å². The lowest BCUT2D eigenvalue weighted by Gasteiger charge is -2.15. The van der Waals surface area contributed by atoms with Gasteiger partial charge >= 0.3 is 0 Å². The number of nitrogens with two attached hydrogens (primary N) is 2. The van der Waals surface area contributed by atoms with Crippen molar-refractivity contribution in [3.8, 4) is 0 Å². The van der Waals surface area contributed by atoms with E-state index in [-0.39, 0.29) is 0 Å². The monoisotopic (exact) mass is 318 g/mol. The molecule has 6 nitrogen and oxygen atoms in total. The molecule has 1 aromatic carbocycles. The molecule has 0 bridgehead atoms. The molecule has 6 heteroatoms. The predicted molar refractivity (Wildman–Crippen MR) is 99.2 cm³/mol. The lowest BCUT2D eigenvalue weighted by atomic mass is 10.1. The van der Waals surface area contributed by atoms with E-state index >= 15 is 0 Å². The van der Waals surface area contributed by atoms with Crippen molar-refractivity contribution in [2.45, 2.75) is 0 Å². The summed E-state index contributed by atoms with van der Waals surface area (Å²) in [6.07, 6.45) is 5.34. The number of amidine groups is 1. The lowest BCUT2D eigenvalue weighted by molar-refractivity contribution is 1.03. The molecule has 0 atom stereocenters. The Hall–Kier alpha value is -3.41. The first-order valence-corrected chi connectivity index (χ1v) is 7.44. The topological polar surface area (TPSA) is 102 Å². The Bertz CT molecular complexity index is 862. The molecule has 120 valence electrons. The third kappa shape index (κ3) is 3.17. The molecule has 0 fully saturated rings. The van der Waals surface area contributed by atoms with E-state index in [1.165, 1.54) is 0 Å². The molecule has 2 aromatic rings. The SMILES string of the molecule is C/N=C(N)\C(=C1\N=CC(c2cccc(N)c2)=CN1)c1ccccn1. The summed E-state index contributed by atoms with van der Waals surface area (Å²) in [5.74, 6) is 0.971. The van der Waals surface area contributed by atoms with Crippen LogP contribution in [0.5, 0.6) is 0 Å². The molecular weight excluding hydrogens is 300 g/mol. The van der Waals surface area contributed by atoms with Crippen LogP contribution in [-0.4, -0.2) is 24.1 Å². The number of anilines is 1. The van der Waals surface area contributed by atoms with Crippen molar-refractivity contribution in [3.63, 3.8) is 0 Å². The summed E-state index contributed by atoms with van der Waals surface area (Å²) in [5.41, 5.74) is 15.9. The second kappa shape index (κ2) is 6.78. The first-order valence-electron chi connectivity index (χ1n) is 7.44. The number of aliphatic imine (C=N–C) groups is 2. The summed E-state index contributed by atoms with van der Waals surface area (Å²) in [7, 11) is 1.64. The molecule has 0 unspecified atom stereocenters. The first kappa shape index (κ1) is 15.5. The number of allylic oxidation sites excluding steroid dienone is 1. The minimum atomic E-state index is 0.370. The van der Waals surface area contributed by atoms with Gasteiger partial charge in [-0.2, -0.15) is 0 Å². The van der Waals surface area contributed by atoms with Crippen molar-refractivity contribution >= 4 is 28.9 Å². The largest absolute Gasteiger partial charge is 0.399 e. The maximum Gasteiger partial charge on any atom is 0.143 e. The smallest absolute Gasteiger partial charge is 0.143 e. The third-order valence-corrected chi connectivity index (χ3v) is 3.57. The summed E-state index contributed by atoms with van der Waals surface area (Å²) in [4.78, 5) is 12.9. The Kier molecular flexibility index (Phi) is 4.38. The Morgan fingerprint density at radius 1 is 1.17 bits per heavy atom. The van der Waals surface area contributed by atoms with Crippen molar-refractivity contribution in [2.24, 2.45) is 15.7 Å². The Labute approximate surface area is 140 Å². The molecule has 0 spiro atoms. The standard InChI is InChI=1S/C18H18N6/c1-21-17(20)16(15-7-2-3-8-22-15)18-23-10-13(11-24-18)12-5-4-6-14(19)9-12/h2-11,23H,19H2,1H3,(H2,20,21)/b18-16+. The zero-order chi connectivity index (χ0) is 16.9. The van der Waals surface area contributed by atoms with E-state index in [1.54, 1.807) is 19.5 Å². The summed E-state index contributed by atoms with van der Waals surface area (Å²) in [5, 5.41) is 3.18. The second-order valence-electron chi connectivity index (χ2n) is 5.18. The molecule has 1 aromatic heterocycles. The Morgan fingerprint density at radius 2 is 2.04 bits per heavy atom. The quantitative estimate of drug-likeness (QED) is 0.458. The van der Waals surface area contributed by atoms with Gasteiger partial charge in [-0.05, 0) is 29.8 Å². The van der Waals surface area contributed by atoms with Crippen LogP contribution in [0, 0.1) is 0 Å². The highest BCUT2D eigenvalue weighted by atomic mass is 15.0. The maximum atomic E-state index is 6.05. The van der Waals surface area contributed by atoms with Crippen LogP contribution >= 0.6 is 0 Å². The van der Waals surface area contributed by atoms with Gasteiger partial charge in [-0.1, -0.05) is 18.2 Å². The van der Waals surface area contributed by atoms with Gasteiger partial charge in [-0.3, -0.25) is 9.98 Å². The zero-order valence-corrected chi connectivity index (χ0v) is 13.3. The van der Waals surface area contributed by atoms with Crippen molar-refractivity contribution in [3.05, 3.63) is 71.9 Å². The first-order chi connectivity index (χ1) is 11.7. The normalized spacial score (nSPS) is 16.4. The van der Waals surface area contributed by atoms with E-state index in [0.717, 1.165) is 11.1 Å². The van der Waals surface area contributed by atoms with Crippen LogP contribution in [0.4, 0.5) is 5.69 Å². The molecule has 0 amide bonds. The van der Waals surface area contributed by atoms with Gasteiger partial charge < -0.3 is 16.8 Å². The van der Waals surface area contributed by atoms with Crippen LogP contribution in [0.25, 0.3) is 11.1 Å². The van der Waals surface area contributed by atoms with Gasteiger partial charge in [0.25, 0.3) is 0 Å². The van der Waals surface area contributed by atoms with Crippen LogP contribution in [0.15, 0.2) is 70.7 Å². The molecule has 1 aliphatic heterocycles. The lowest BCUT2D eigenvalue weighted by Crippen LogP contribution is -2.21. The molecule has 1 aliphatic rings. The molecule has 0 saturated carbocycles. The predicted octanol–water partition coefficient (Wildman–Crippen LogP) is 2.03. The zero-order valence-electron chi connectivity index (χ0n) is 13.3. The highest BCUT2D eigenvalue weighted by Crippen LogP contribution is 2.22. The number of nitrogens with zero attached hydrogens (tertiary/aromatic N) is 3. The molecule has 0 aliphatic carbocycles. The van der Waals surface area contributed by atoms with Crippen LogP contribution in [-0.2, 0) is 0 Å². The van der Waals surface area contributed by atoms with Crippen LogP contribution in [0.3, 0.4) is 0 Å². The second-order valence-corrected chi connectivity index (χ2v) is 5.18. The van der Waals surface area contributed by atoms with Gasteiger partial charge in [0, 0.05) is 36.9 Å². The fourth-order valence-corrected chi connectivity index (χ4v) is 2.36. The number of nitrogen functional groups attached to an aromatic ring is 1. The maximum absolute atomic E-state index is 6.05. The third-order valence-electron chi connectivity index (χ3n) is 3.57. The molecule has 24 heavy (non-hydrogen) atoms. The molecule has 5 N–H and O–H groups in total. The van der Waals surface area contributed by atoms with Crippen LogP contribution in [0.1, 0.15) is 11.3 Å². The minimum Gasteiger partial charge on any atom is -0.399 e. The summed E-state index contributed by atoms with van der Waals surface area (Å²) in [6, 6.07) is 13.2. The molecule has 0 saturated heterocycles. The number of hydrogen-bond donors (Lipinski definition) is 3. The van der Waals surface area contributed by atoms with Crippen molar-refractivity contribution in [1.82, 2.24) is 10.3 Å². The van der Waals surface area contributed by atoms with Gasteiger partial charge in [0.2, 0.25) is 0 Å². The van der Waals surface area contributed by atoms with Crippen LogP contribution < -0.4 is 16.8 Å². The van der Waals surface area contributed by atoms with Gasteiger partial charge in [-0.15, -0.1) is 0 Å². The van der Waals surface area contributed by atoms with Crippen molar-refractivity contribution in [2.75, 3.05) is 12.8 Å². The molecule has 3 rings (SSSR count). The number of aromatic nitrogens is 1. The van der Waals surface area contributed by atoms with Gasteiger partial charge in [-0.25, -0.2) is 4.99 Å². The summed E-state index contributed by atoms with van der Waals surface area (Å²) >= 11 is 0. The van der Waals surface area contributed by atoms with E-state index in [9.17, 15) is 0 Å². The highest BCUT2D eigenvalue weighted by Gasteiger charge is 2.16. The fraction of sp³-hybridized carbons (Fsp3) is 0.0556. The number of nitrogens with one attached hydrogen (secondary N) is 1. The van der Waals surface area contributed by atoms with E-state index in [4.69, 9.17) is 11.5 Å². The molecule has 0 radical (unpaired) electrons. The van der Waals surface area contributed by atoms with Gasteiger partial charge in [0.15, 0.2) is 0 Å². The summed E-state index contributed by atoms with van der Waals surface area (Å²) < 4.78 is 0. The number of benzene rings is 1. The van der Waals surface area contributed by atoms with Crippen molar-refractivity contribution < 1.29 is 0 Å². The number of rotatable bonds is 3. The number of hydrogen-bond acceptors (Lipinski definition) is 5. The number of pyridine rings is 1. The fourth-order valence-electron chi connectivity index (χ4n) is 2.36. The van der Waals surface area contributed by atoms with Gasteiger partial charge in [0.05, 0.1) is 11.3 Å². The summed E-state index contributed by atoms with van der Waals surface area (Å²) in [6.45, 7) is 0. The van der Waals surface area contributed by atoms with Gasteiger partial charge in [0.1, 0.15) is 11.7 Å². The average Bonchev–Trinajstić information content (AvgIpc) is 2.63. The molecular formula is C18H18N6. The van der Waals surface area contributed by atoms with E-state index < -0.39 is 0 Å². The van der Waals surface area contributed by atoms with Crippen LogP contribution in [0.2, 0.25) is 0 Å². The molecule has 2 heterocycles. The van der Waals surface area contributed by atoms with E-state index in [0.29, 0.717) is 28.6 Å². The highest BCUT2D eigenvalue weighted by molar-refractivity contribution is 6.23. The minimum absolute atomic E-state index is 0.370. The average molecular weight is 318 g/mol. The Balaban J connectivity index is 1.98. The van der Waals surface area contributed by atoms with E-state index in [2.05, 4.69) is 20.3 Å². The van der Waals surface area contributed by atoms with Crippen molar-refractivity contribution in [1.29, 1.82) is 0 Å². The Morgan fingerprint density at radius 3 is 2.67 bits per heavy atom.